The van der Waals surface area contributed by atoms with Crippen molar-refractivity contribution in [2.24, 2.45) is 5.92 Å². The molecular weight excluding hydrogens is 282 g/mol. The summed E-state index contributed by atoms with van der Waals surface area (Å²) in [6, 6.07) is 16.8. The van der Waals surface area contributed by atoms with Crippen LogP contribution in [-0.4, -0.2) is 5.91 Å². The van der Waals surface area contributed by atoms with E-state index < -0.39 is 0 Å². The number of carbonyl (C=O) groups excluding carboxylic acids is 1. The smallest absolute Gasteiger partial charge is 0.229 e. The van der Waals surface area contributed by atoms with Gasteiger partial charge in [0.25, 0.3) is 0 Å². The topological polar surface area (TPSA) is 20.3 Å². The number of hydrogen-bond donors (Lipinski definition) is 0. The van der Waals surface area contributed by atoms with E-state index in [4.69, 9.17) is 0 Å². The van der Waals surface area contributed by atoms with Gasteiger partial charge in [-0.1, -0.05) is 70.2 Å². The second-order valence-electron chi connectivity index (χ2n) is 5.98. The van der Waals surface area contributed by atoms with Gasteiger partial charge in [-0.3, -0.25) is 4.79 Å². The molecule has 0 bridgehead atoms. The minimum absolute atomic E-state index is 0.00430. The van der Waals surface area contributed by atoms with Crippen LogP contribution in [0.3, 0.4) is 0 Å². The van der Waals surface area contributed by atoms with E-state index in [0.717, 1.165) is 18.5 Å². The van der Waals surface area contributed by atoms with Gasteiger partial charge in [-0.05, 0) is 35.6 Å². The maximum Gasteiger partial charge on any atom is 0.229 e. The van der Waals surface area contributed by atoms with Crippen molar-refractivity contribution in [3.05, 3.63) is 65.2 Å². The van der Waals surface area contributed by atoms with E-state index >= 15 is 0 Å². The molecule has 0 fully saturated rings. The average Bonchev–Trinajstić information content (AvgIpc) is 2.58. The third-order valence-electron chi connectivity index (χ3n) is 4.15. The fourth-order valence-electron chi connectivity index (χ4n) is 2.97. The highest BCUT2D eigenvalue weighted by atomic mass is 16.2. The van der Waals surface area contributed by atoms with Gasteiger partial charge in [-0.2, -0.15) is 0 Å². The lowest BCUT2D eigenvalue weighted by molar-refractivity contribution is -0.121. The van der Waals surface area contributed by atoms with Crippen LogP contribution in [0.15, 0.2) is 48.5 Å². The summed E-state index contributed by atoms with van der Waals surface area (Å²) in [5.74, 6) is 0.198. The van der Waals surface area contributed by atoms with E-state index in [0.29, 0.717) is 6.54 Å². The van der Waals surface area contributed by atoms with Crippen molar-refractivity contribution in [3.8, 4) is 0 Å². The number of hydrogen-bond acceptors (Lipinski definition) is 1. The minimum Gasteiger partial charge on any atom is -0.307 e. The summed E-state index contributed by atoms with van der Waals surface area (Å²) < 4.78 is 0. The summed E-state index contributed by atoms with van der Waals surface area (Å²) in [5.41, 5.74) is 4.96. The van der Waals surface area contributed by atoms with Gasteiger partial charge in [-0.15, -0.1) is 0 Å². The second-order valence-corrected chi connectivity index (χ2v) is 5.98. The molecule has 2 aromatic rings. The molecule has 122 valence electrons. The Morgan fingerprint density at radius 1 is 0.870 bits per heavy atom. The second kappa shape index (κ2) is 7.96. The van der Waals surface area contributed by atoms with Gasteiger partial charge in [0, 0.05) is 11.6 Å². The molecule has 0 aliphatic carbocycles. The Labute approximate surface area is 140 Å². The van der Waals surface area contributed by atoms with Crippen LogP contribution in [0.25, 0.3) is 0 Å². The molecule has 0 radical (unpaired) electrons. The molecule has 1 heterocycles. The first-order valence-corrected chi connectivity index (χ1v) is 8.63. The molecule has 0 saturated carbocycles. The molecule has 2 aromatic carbocycles. The highest BCUT2D eigenvalue weighted by Gasteiger charge is 2.23. The van der Waals surface area contributed by atoms with E-state index in [2.05, 4.69) is 42.5 Å². The van der Waals surface area contributed by atoms with Crippen LogP contribution in [0.2, 0.25) is 0 Å². The van der Waals surface area contributed by atoms with Crippen molar-refractivity contribution in [3.63, 3.8) is 0 Å². The normalized spacial score (nSPS) is 13.2. The maximum absolute atomic E-state index is 12.7. The molecule has 0 unspecified atom stereocenters. The Bertz CT molecular complexity index is 660. The number of rotatable bonds is 1. The third kappa shape index (κ3) is 3.82. The van der Waals surface area contributed by atoms with Gasteiger partial charge in [0.1, 0.15) is 0 Å². The van der Waals surface area contributed by atoms with E-state index in [1.165, 1.54) is 16.7 Å². The highest BCUT2D eigenvalue weighted by molar-refractivity contribution is 5.95. The number of amides is 1. The molecule has 23 heavy (non-hydrogen) atoms. The number of carbonyl (C=O) groups is 1. The quantitative estimate of drug-likeness (QED) is 0.726. The molecule has 1 aliphatic heterocycles. The standard InChI is InChI=1S/C19H21NO.C2H6/c1-14(2)19(21)20-13-17-9-4-3-7-15(17)11-12-16-8-5-6-10-18(16)20;1-2/h3-10,14H,11-13H2,1-2H3;1-2H3. The highest BCUT2D eigenvalue weighted by Crippen LogP contribution is 2.29. The molecule has 0 spiro atoms. The van der Waals surface area contributed by atoms with Crippen LogP contribution in [0.4, 0.5) is 5.69 Å². The minimum atomic E-state index is 0.00430. The number of aryl methyl sites for hydroxylation is 2. The first-order chi connectivity index (χ1) is 11.2. The first-order valence-electron chi connectivity index (χ1n) is 8.63. The summed E-state index contributed by atoms with van der Waals surface area (Å²) in [5, 5.41) is 0. The Morgan fingerprint density at radius 3 is 2.04 bits per heavy atom. The zero-order chi connectivity index (χ0) is 16.8. The Kier molecular flexibility index (Phi) is 5.97. The fraction of sp³-hybridized carbons (Fsp3) is 0.381. The van der Waals surface area contributed by atoms with Crippen molar-refractivity contribution in [1.82, 2.24) is 0 Å². The lowest BCUT2D eigenvalue weighted by Crippen LogP contribution is -2.35. The van der Waals surface area contributed by atoms with Gasteiger partial charge < -0.3 is 4.90 Å². The van der Waals surface area contributed by atoms with Crippen molar-refractivity contribution < 1.29 is 4.79 Å². The van der Waals surface area contributed by atoms with Crippen LogP contribution >= 0.6 is 0 Å². The van der Waals surface area contributed by atoms with Crippen LogP contribution in [0.5, 0.6) is 0 Å². The molecule has 1 amide bonds. The molecule has 0 atom stereocenters. The summed E-state index contributed by atoms with van der Waals surface area (Å²) >= 11 is 0. The monoisotopic (exact) mass is 309 g/mol. The number of anilines is 1. The van der Waals surface area contributed by atoms with Gasteiger partial charge in [0.05, 0.1) is 6.54 Å². The Balaban J connectivity index is 0.000000924. The molecular formula is C21H27NO. The van der Waals surface area contributed by atoms with Crippen LogP contribution in [0, 0.1) is 5.92 Å². The molecule has 0 N–H and O–H groups in total. The largest absolute Gasteiger partial charge is 0.307 e. The first kappa shape index (κ1) is 17.3. The van der Waals surface area contributed by atoms with Crippen LogP contribution < -0.4 is 4.90 Å². The summed E-state index contributed by atoms with van der Waals surface area (Å²) in [6.45, 7) is 8.61. The van der Waals surface area contributed by atoms with E-state index in [9.17, 15) is 4.79 Å². The average molecular weight is 309 g/mol. The molecule has 2 heteroatoms. The number of nitrogens with zero attached hydrogens (tertiary/aromatic N) is 1. The fourth-order valence-corrected chi connectivity index (χ4v) is 2.97. The van der Waals surface area contributed by atoms with E-state index in [-0.39, 0.29) is 11.8 Å². The Hall–Kier alpha value is -2.09. The molecule has 0 saturated heterocycles. The van der Waals surface area contributed by atoms with Gasteiger partial charge in [0.15, 0.2) is 0 Å². The number of fused-ring (bicyclic) bond motifs is 2. The predicted octanol–water partition coefficient (Wildman–Crippen LogP) is 5.00. The van der Waals surface area contributed by atoms with Gasteiger partial charge in [-0.25, -0.2) is 0 Å². The maximum atomic E-state index is 12.7. The molecule has 3 rings (SSSR count). The van der Waals surface area contributed by atoms with Crippen LogP contribution in [0.1, 0.15) is 44.4 Å². The van der Waals surface area contributed by atoms with Crippen molar-refractivity contribution in [1.29, 1.82) is 0 Å². The SMILES string of the molecule is CC.CC(C)C(=O)N1Cc2ccccc2CCc2ccccc21. The molecule has 1 aliphatic rings. The zero-order valence-electron chi connectivity index (χ0n) is 14.7. The van der Waals surface area contributed by atoms with E-state index in [1.54, 1.807) is 0 Å². The number of para-hydroxylation sites is 1. The van der Waals surface area contributed by atoms with Crippen LogP contribution in [-0.2, 0) is 24.2 Å². The summed E-state index contributed by atoms with van der Waals surface area (Å²) in [6.07, 6.45) is 2.02. The summed E-state index contributed by atoms with van der Waals surface area (Å²) in [7, 11) is 0. The molecule has 0 aromatic heterocycles. The van der Waals surface area contributed by atoms with Crippen molar-refractivity contribution in [2.75, 3.05) is 4.90 Å². The van der Waals surface area contributed by atoms with Crippen molar-refractivity contribution >= 4 is 11.6 Å². The van der Waals surface area contributed by atoms with Crippen molar-refractivity contribution in [2.45, 2.75) is 47.1 Å². The zero-order valence-corrected chi connectivity index (χ0v) is 14.7. The lowest BCUT2D eigenvalue weighted by atomic mass is 9.95. The van der Waals surface area contributed by atoms with Gasteiger partial charge in [0.2, 0.25) is 5.91 Å². The third-order valence-corrected chi connectivity index (χ3v) is 4.15. The van der Waals surface area contributed by atoms with E-state index in [1.807, 2.05) is 38.7 Å². The predicted molar refractivity (Wildman–Crippen MR) is 97.7 cm³/mol. The number of benzene rings is 2. The molecule has 2 nitrogen and oxygen atoms in total. The Morgan fingerprint density at radius 2 is 1.39 bits per heavy atom. The lowest BCUT2D eigenvalue weighted by Gasteiger charge is -2.30. The summed E-state index contributed by atoms with van der Waals surface area (Å²) in [4.78, 5) is 14.6. The van der Waals surface area contributed by atoms with Gasteiger partial charge >= 0.3 is 0 Å².